The molecule has 6 heteroatoms. The summed E-state index contributed by atoms with van der Waals surface area (Å²) in [5.74, 6) is -0.520. The molecule has 0 amide bonds. The molecule has 5 nitrogen and oxygen atoms in total. The van der Waals surface area contributed by atoms with Crippen LogP contribution in [-0.2, 0) is 10.1 Å². The van der Waals surface area contributed by atoms with Gasteiger partial charge >= 0.3 is 10.1 Å². The van der Waals surface area contributed by atoms with Gasteiger partial charge in [-0.05, 0) is 30.3 Å². The second-order valence-electron chi connectivity index (χ2n) is 5.76. The molecular weight excluding hydrogens is 352 g/mol. The highest BCUT2D eigenvalue weighted by atomic mass is 32.2. The molecule has 0 radical (unpaired) electrons. The number of carbonyl (C=O) groups is 2. The van der Waals surface area contributed by atoms with Gasteiger partial charge in [0.1, 0.15) is 10.6 Å². The van der Waals surface area contributed by atoms with Crippen LogP contribution in [0.3, 0.4) is 0 Å². The fourth-order valence-corrected chi connectivity index (χ4v) is 3.84. The molecule has 1 aliphatic carbocycles. The summed E-state index contributed by atoms with van der Waals surface area (Å²) in [7, 11) is -4.13. The van der Waals surface area contributed by atoms with Gasteiger partial charge in [0.2, 0.25) is 0 Å². The first-order chi connectivity index (χ1) is 12.5. The minimum absolute atomic E-state index is 0.0615. The molecule has 0 aromatic heterocycles. The van der Waals surface area contributed by atoms with Crippen molar-refractivity contribution < 1.29 is 22.2 Å². The highest BCUT2D eigenvalue weighted by Crippen LogP contribution is 2.29. The highest BCUT2D eigenvalue weighted by molar-refractivity contribution is 7.87. The molecule has 0 N–H and O–H groups in total. The van der Waals surface area contributed by atoms with Crippen molar-refractivity contribution >= 4 is 21.7 Å². The minimum Gasteiger partial charge on any atom is -0.379 e. The van der Waals surface area contributed by atoms with E-state index in [4.69, 9.17) is 4.18 Å². The number of hydrogen-bond acceptors (Lipinski definition) is 5. The van der Waals surface area contributed by atoms with Crippen LogP contribution in [0.4, 0.5) is 0 Å². The summed E-state index contributed by atoms with van der Waals surface area (Å²) in [5, 5.41) is 0. The molecule has 0 unspecified atom stereocenters. The predicted octanol–water partition coefficient (Wildman–Crippen LogP) is 3.23. The molecule has 4 rings (SSSR count). The van der Waals surface area contributed by atoms with E-state index < -0.39 is 10.1 Å². The topological polar surface area (TPSA) is 77.5 Å². The number of ketones is 2. The molecule has 0 saturated carbocycles. The SMILES string of the molecule is O=C1c2ccccc2C(=O)c2cc(S(=O)(=O)Oc3ccccc3)ccc21. The molecule has 0 aliphatic heterocycles. The van der Waals surface area contributed by atoms with E-state index in [2.05, 4.69) is 0 Å². The Morgan fingerprint density at radius 2 is 1.15 bits per heavy atom. The van der Waals surface area contributed by atoms with E-state index in [0.717, 1.165) is 0 Å². The van der Waals surface area contributed by atoms with Gasteiger partial charge in [-0.1, -0.05) is 42.5 Å². The van der Waals surface area contributed by atoms with Gasteiger partial charge in [0.25, 0.3) is 0 Å². The Bertz CT molecular complexity index is 1150. The third-order valence-electron chi connectivity index (χ3n) is 4.13. The molecule has 1 aliphatic rings. The normalized spacial score (nSPS) is 13.1. The van der Waals surface area contributed by atoms with E-state index in [1.54, 1.807) is 42.5 Å². The van der Waals surface area contributed by atoms with Crippen molar-refractivity contribution in [1.82, 2.24) is 0 Å². The molecule has 26 heavy (non-hydrogen) atoms. The van der Waals surface area contributed by atoms with Crippen LogP contribution < -0.4 is 4.18 Å². The van der Waals surface area contributed by atoms with E-state index in [1.807, 2.05) is 0 Å². The Morgan fingerprint density at radius 3 is 1.81 bits per heavy atom. The maximum Gasteiger partial charge on any atom is 0.339 e. The van der Waals surface area contributed by atoms with Crippen LogP contribution in [0, 0.1) is 0 Å². The summed E-state index contributed by atoms with van der Waals surface area (Å²) in [6, 6.07) is 18.4. The largest absolute Gasteiger partial charge is 0.379 e. The second-order valence-corrected chi connectivity index (χ2v) is 7.31. The maximum absolute atomic E-state index is 12.7. The average molecular weight is 364 g/mol. The van der Waals surface area contributed by atoms with Gasteiger partial charge in [-0.15, -0.1) is 0 Å². The lowest BCUT2D eigenvalue weighted by molar-refractivity contribution is 0.0979. The molecule has 3 aromatic rings. The van der Waals surface area contributed by atoms with Gasteiger partial charge in [0.05, 0.1) is 0 Å². The predicted molar refractivity (Wildman–Crippen MR) is 94.0 cm³/mol. The van der Waals surface area contributed by atoms with Crippen LogP contribution in [0.25, 0.3) is 0 Å². The lowest BCUT2D eigenvalue weighted by Crippen LogP contribution is -2.21. The van der Waals surface area contributed by atoms with Crippen LogP contribution in [0.15, 0.2) is 77.7 Å². The summed E-state index contributed by atoms with van der Waals surface area (Å²) in [6.07, 6.45) is 0. The highest BCUT2D eigenvalue weighted by Gasteiger charge is 2.31. The van der Waals surface area contributed by atoms with E-state index in [9.17, 15) is 18.0 Å². The summed E-state index contributed by atoms with van der Waals surface area (Å²) >= 11 is 0. The van der Waals surface area contributed by atoms with E-state index >= 15 is 0 Å². The smallest absolute Gasteiger partial charge is 0.339 e. The molecule has 0 bridgehead atoms. The van der Waals surface area contributed by atoms with Gasteiger partial charge in [-0.2, -0.15) is 8.42 Å². The second kappa shape index (κ2) is 5.93. The zero-order chi connectivity index (χ0) is 18.3. The zero-order valence-corrected chi connectivity index (χ0v) is 14.2. The Kier molecular flexibility index (Phi) is 3.70. The standard InChI is InChI=1S/C20H12O5S/c21-19-15-8-4-5-9-16(15)20(22)18-12-14(10-11-17(18)19)26(23,24)25-13-6-2-1-3-7-13/h1-12H. The molecule has 128 valence electrons. The summed E-state index contributed by atoms with van der Waals surface area (Å²) in [5.41, 5.74) is 0.837. The van der Waals surface area contributed by atoms with Gasteiger partial charge in [-0.25, -0.2) is 0 Å². The first kappa shape index (κ1) is 16.2. The summed E-state index contributed by atoms with van der Waals surface area (Å²) in [6.45, 7) is 0. The lowest BCUT2D eigenvalue weighted by Gasteiger charge is -2.18. The fraction of sp³-hybridized carbons (Fsp3) is 0. The zero-order valence-electron chi connectivity index (χ0n) is 13.4. The Morgan fingerprint density at radius 1 is 0.615 bits per heavy atom. The van der Waals surface area contributed by atoms with E-state index in [1.165, 1.54) is 30.3 Å². The first-order valence-corrected chi connectivity index (χ1v) is 9.20. The number of hydrogen-bond donors (Lipinski definition) is 0. The Balaban J connectivity index is 1.78. The summed E-state index contributed by atoms with van der Waals surface area (Å²) in [4.78, 5) is 25.1. The lowest BCUT2D eigenvalue weighted by atomic mass is 9.84. The molecular formula is C20H12O5S. The minimum atomic E-state index is -4.13. The molecule has 0 saturated heterocycles. The van der Waals surface area contributed by atoms with Crippen molar-refractivity contribution in [1.29, 1.82) is 0 Å². The van der Waals surface area contributed by atoms with Crippen molar-refractivity contribution in [2.45, 2.75) is 4.90 Å². The van der Waals surface area contributed by atoms with Crippen LogP contribution in [0.1, 0.15) is 31.8 Å². The van der Waals surface area contributed by atoms with Crippen LogP contribution in [-0.4, -0.2) is 20.0 Å². The van der Waals surface area contributed by atoms with Crippen LogP contribution in [0.5, 0.6) is 5.75 Å². The molecule has 0 spiro atoms. The average Bonchev–Trinajstić information content (AvgIpc) is 2.66. The van der Waals surface area contributed by atoms with Crippen molar-refractivity contribution in [3.05, 3.63) is 95.1 Å². The molecule has 0 fully saturated rings. The monoisotopic (exact) mass is 364 g/mol. The van der Waals surface area contributed by atoms with Crippen molar-refractivity contribution in [2.24, 2.45) is 0 Å². The van der Waals surface area contributed by atoms with E-state index in [0.29, 0.717) is 5.56 Å². The van der Waals surface area contributed by atoms with Crippen LogP contribution in [0.2, 0.25) is 0 Å². The number of rotatable bonds is 3. The van der Waals surface area contributed by atoms with Gasteiger partial charge in [-0.3, -0.25) is 9.59 Å². The molecule has 0 heterocycles. The van der Waals surface area contributed by atoms with Crippen molar-refractivity contribution in [2.75, 3.05) is 0 Å². The third-order valence-corrected chi connectivity index (χ3v) is 5.38. The van der Waals surface area contributed by atoms with Crippen molar-refractivity contribution in [3.63, 3.8) is 0 Å². The summed E-state index contributed by atoms with van der Waals surface area (Å²) < 4.78 is 30.1. The fourth-order valence-electron chi connectivity index (χ4n) is 2.88. The quantitative estimate of drug-likeness (QED) is 0.522. The number of benzene rings is 3. The number of carbonyl (C=O) groups excluding carboxylic acids is 2. The Labute approximate surface area is 150 Å². The number of para-hydroxylation sites is 1. The molecule has 0 atom stereocenters. The van der Waals surface area contributed by atoms with E-state index in [-0.39, 0.29) is 38.9 Å². The third kappa shape index (κ3) is 2.60. The first-order valence-electron chi connectivity index (χ1n) is 7.79. The van der Waals surface area contributed by atoms with Crippen LogP contribution >= 0.6 is 0 Å². The van der Waals surface area contributed by atoms with Gasteiger partial charge < -0.3 is 4.18 Å². The van der Waals surface area contributed by atoms with Gasteiger partial charge in [0.15, 0.2) is 11.6 Å². The number of fused-ring (bicyclic) bond motifs is 2. The molecule has 3 aromatic carbocycles. The van der Waals surface area contributed by atoms with Crippen molar-refractivity contribution in [3.8, 4) is 5.75 Å². The maximum atomic E-state index is 12.7. The van der Waals surface area contributed by atoms with Gasteiger partial charge in [0, 0.05) is 22.3 Å². The Hall–Kier alpha value is -3.25.